The van der Waals surface area contributed by atoms with Crippen molar-refractivity contribution in [2.24, 2.45) is 4.99 Å². The molecule has 0 saturated heterocycles. The molecule has 0 saturated carbocycles. The molecule has 0 unspecified atom stereocenters. The number of aliphatic imine (C=N–C) groups is 1. The molecule has 0 aliphatic rings. The largest absolute Gasteiger partial charge is 0.494 e. The second-order valence-electron chi connectivity index (χ2n) is 6.55. The van der Waals surface area contributed by atoms with Crippen molar-refractivity contribution in [1.29, 1.82) is 0 Å². The lowest BCUT2D eigenvalue weighted by Crippen LogP contribution is -2.37. The van der Waals surface area contributed by atoms with Crippen molar-refractivity contribution in [3.05, 3.63) is 71.8 Å². The first-order chi connectivity index (χ1) is 14.2. The quantitative estimate of drug-likeness (QED) is 0.455. The standard InChI is InChI=1S/C22H28N6O/c1-4-23-22(24-14-18-12-11-17(3)13-20(18)29-5-2)25-15-21-27-26-16-28(21)19-9-7-6-8-10-19/h6-13,16H,4-5,14-15H2,1-3H3,(H2,23,24,25). The second-order valence-corrected chi connectivity index (χ2v) is 6.55. The van der Waals surface area contributed by atoms with Crippen molar-refractivity contribution in [3.63, 3.8) is 0 Å². The molecule has 0 aliphatic heterocycles. The maximum atomic E-state index is 5.76. The molecule has 0 aliphatic carbocycles. The van der Waals surface area contributed by atoms with Crippen molar-refractivity contribution in [3.8, 4) is 11.4 Å². The minimum atomic E-state index is 0.507. The summed E-state index contributed by atoms with van der Waals surface area (Å²) in [5.74, 6) is 2.42. The summed E-state index contributed by atoms with van der Waals surface area (Å²) in [6.45, 7) is 8.52. The molecular formula is C22H28N6O. The van der Waals surface area contributed by atoms with E-state index in [2.05, 4.69) is 46.0 Å². The average molecular weight is 393 g/mol. The van der Waals surface area contributed by atoms with Gasteiger partial charge in [0.2, 0.25) is 0 Å². The minimum absolute atomic E-state index is 0.507. The molecule has 3 rings (SSSR count). The number of benzene rings is 2. The SMILES string of the molecule is CCNC(=NCc1ccc(C)cc1OCC)NCc1nncn1-c1ccccc1. The number of nitrogens with one attached hydrogen (secondary N) is 2. The Morgan fingerprint density at radius 3 is 2.69 bits per heavy atom. The summed E-state index contributed by atoms with van der Waals surface area (Å²) in [5, 5.41) is 14.9. The molecule has 2 aromatic carbocycles. The van der Waals surface area contributed by atoms with Crippen molar-refractivity contribution < 1.29 is 4.74 Å². The molecule has 7 nitrogen and oxygen atoms in total. The zero-order valence-electron chi connectivity index (χ0n) is 17.2. The first kappa shape index (κ1) is 20.4. The van der Waals surface area contributed by atoms with E-state index in [0.717, 1.165) is 35.3 Å². The number of nitrogens with zero attached hydrogens (tertiary/aromatic N) is 4. The lowest BCUT2D eigenvalue weighted by atomic mass is 10.1. The highest BCUT2D eigenvalue weighted by Crippen LogP contribution is 2.21. The topological polar surface area (TPSA) is 76.4 Å². The Morgan fingerprint density at radius 2 is 1.93 bits per heavy atom. The number of ether oxygens (including phenoxy) is 1. The van der Waals surface area contributed by atoms with Gasteiger partial charge in [-0.15, -0.1) is 10.2 Å². The first-order valence-corrected chi connectivity index (χ1v) is 9.90. The molecule has 0 bridgehead atoms. The van der Waals surface area contributed by atoms with Crippen LogP contribution in [-0.4, -0.2) is 33.9 Å². The Balaban J connectivity index is 1.71. The van der Waals surface area contributed by atoms with Gasteiger partial charge in [0.15, 0.2) is 11.8 Å². The molecule has 1 aromatic heterocycles. The van der Waals surface area contributed by atoms with Crippen LogP contribution in [0.3, 0.4) is 0 Å². The third-order valence-electron chi connectivity index (χ3n) is 4.34. The predicted molar refractivity (Wildman–Crippen MR) is 115 cm³/mol. The van der Waals surface area contributed by atoms with Crippen LogP contribution in [0.2, 0.25) is 0 Å². The summed E-state index contributed by atoms with van der Waals surface area (Å²) in [5.41, 5.74) is 3.26. The third kappa shape index (κ3) is 5.57. The fraction of sp³-hybridized carbons (Fsp3) is 0.318. The summed E-state index contributed by atoms with van der Waals surface area (Å²) in [7, 11) is 0. The molecule has 29 heavy (non-hydrogen) atoms. The van der Waals surface area contributed by atoms with Gasteiger partial charge in [-0.25, -0.2) is 4.99 Å². The molecule has 3 aromatic rings. The van der Waals surface area contributed by atoms with Crippen molar-refractivity contribution >= 4 is 5.96 Å². The summed E-state index contributed by atoms with van der Waals surface area (Å²) >= 11 is 0. The van der Waals surface area contributed by atoms with E-state index in [1.807, 2.05) is 48.7 Å². The zero-order chi connectivity index (χ0) is 20.5. The van der Waals surface area contributed by atoms with Crippen LogP contribution in [0.5, 0.6) is 5.75 Å². The molecule has 7 heteroatoms. The summed E-state index contributed by atoms with van der Waals surface area (Å²) in [4.78, 5) is 4.72. The Kier molecular flexibility index (Phi) is 7.22. The van der Waals surface area contributed by atoms with Crippen LogP contribution in [0, 0.1) is 6.92 Å². The molecule has 0 radical (unpaired) electrons. The van der Waals surface area contributed by atoms with E-state index in [0.29, 0.717) is 19.7 Å². The fourth-order valence-corrected chi connectivity index (χ4v) is 2.93. The Bertz CT molecular complexity index is 935. The van der Waals surface area contributed by atoms with Crippen LogP contribution in [0.25, 0.3) is 5.69 Å². The van der Waals surface area contributed by atoms with Crippen LogP contribution >= 0.6 is 0 Å². The van der Waals surface area contributed by atoms with Gasteiger partial charge in [0.25, 0.3) is 0 Å². The molecule has 2 N–H and O–H groups in total. The average Bonchev–Trinajstić information content (AvgIpc) is 3.21. The van der Waals surface area contributed by atoms with Gasteiger partial charge in [-0.1, -0.05) is 30.3 Å². The second kappa shape index (κ2) is 10.3. The van der Waals surface area contributed by atoms with Gasteiger partial charge in [0.05, 0.1) is 19.7 Å². The predicted octanol–water partition coefficient (Wildman–Crippen LogP) is 3.23. The number of aryl methyl sites for hydroxylation is 1. The number of guanidine groups is 1. The zero-order valence-corrected chi connectivity index (χ0v) is 17.2. The Labute approximate surface area is 171 Å². The molecule has 0 amide bonds. The number of hydrogen-bond donors (Lipinski definition) is 2. The Hall–Kier alpha value is -3.35. The van der Waals surface area contributed by atoms with Crippen LogP contribution in [0.15, 0.2) is 59.9 Å². The van der Waals surface area contributed by atoms with Crippen LogP contribution in [-0.2, 0) is 13.1 Å². The van der Waals surface area contributed by atoms with E-state index in [-0.39, 0.29) is 0 Å². The first-order valence-electron chi connectivity index (χ1n) is 9.90. The van der Waals surface area contributed by atoms with E-state index in [1.165, 1.54) is 5.56 Å². The molecule has 0 spiro atoms. The Morgan fingerprint density at radius 1 is 1.10 bits per heavy atom. The highest BCUT2D eigenvalue weighted by molar-refractivity contribution is 5.79. The van der Waals surface area contributed by atoms with Gasteiger partial charge in [-0.3, -0.25) is 4.57 Å². The number of hydrogen-bond acceptors (Lipinski definition) is 4. The van der Waals surface area contributed by atoms with Gasteiger partial charge in [-0.05, 0) is 44.5 Å². The highest BCUT2D eigenvalue weighted by atomic mass is 16.5. The normalized spacial score (nSPS) is 11.3. The van der Waals surface area contributed by atoms with Crippen molar-refractivity contribution in [2.45, 2.75) is 33.9 Å². The summed E-state index contributed by atoms with van der Waals surface area (Å²) < 4.78 is 7.72. The highest BCUT2D eigenvalue weighted by Gasteiger charge is 2.08. The monoisotopic (exact) mass is 392 g/mol. The summed E-state index contributed by atoms with van der Waals surface area (Å²) in [6, 6.07) is 16.2. The molecular weight excluding hydrogens is 364 g/mol. The van der Waals surface area contributed by atoms with Gasteiger partial charge >= 0.3 is 0 Å². The van der Waals surface area contributed by atoms with Crippen LogP contribution in [0.4, 0.5) is 0 Å². The van der Waals surface area contributed by atoms with E-state index >= 15 is 0 Å². The van der Waals surface area contributed by atoms with Crippen LogP contribution in [0.1, 0.15) is 30.8 Å². The maximum Gasteiger partial charge on any atom is 0.191 e. The van der Waals surface area contributed by atoms with E-state index in [4.69, 9.17) is 9.73 Å². The minimum Gasteiger partial charge on any atom is -0.494 e. The molecule has 152 valence electrons. The maximum absolute atomic E-state index is 5.76. The van der Waals surface area contributed by atoms with Gasteiger partial charge in [-0.2, -0.15) is 0 Å². The summed E-state index contributed by atoms with van der Waals surface area (Å²) in [6.07, 6.45) is 1.72. The number of para-hydroxylation sites is 1. The lowest BCUT2D eigenvalue weighted by molar-refractivity contribution is 0.336. The van der Waals surface area contributed by atoms with Gasteiger partial charge < -0.3 is 15.4 Å². The lowest BCUT2D eigenvalue weighted by Gasteiger charge is -2.13. The smallest absolute Gasteiger partial charge is 0.191 e. The molecule has 1 heterocycles. The molecule has 0 atom stereocenters. The third-order valence-corrected chi connectivity index (χ3v) is 4.34. The van der Waals surface area contributed by atoms with Crippen molar-refractivity contribution in [2.75, 3.05) is 13.2 Å². The van der Waals surface area contributed by atoms with E-state index < -0.39 is 0 Å². The number of rotatable bonds is 8. The van der Waals surface area contributed by atoms with Crippen LogP contribution < -0.4 is 15.4 Å². The van der Waals surface area contributed by atoms with Gasteiger partial charge in [0, 0.05) is 17.8 Å². The fourth-order valence-electron chi connectivity index (χ4n) is 2.93. The van der Waals surface area contributed by atoms with E-state index in [9.17, 15) is 0 Å². The van der Waals surface area contributed by atoms with E-state index in [1.54, 1.807) is 6.33 Å². The number of aromatic nitrogens is 3. The molecule has 0 fully saturated rings. The van der Waals surface area contributed by atoms with Crippen molar-refractivity contribution in [1.82, 2.24) is 25.4 Å². The van der Waals surface area contributed by atoms with Gasteiger partial charge in [0.1, 0.15) is 12.1 Å².